The number of nitrogens with zero attached hydrogens (tertiary/aromatic N) is 3. The molecule has 7 heteroatoms. The summed E-state index contributed by atoms with van der Waals surface area (Å²) in [5, 5.41) is 5.43. The van der Waals surface area contributed by atoms with E-state index in [4.69, 9.17) is 16.3 Å². The van der Waals surface area contributed by atoms with E-state index in [0.717, 1.165) is 28.0 Å². The summed E-state index contributed by atoms with van der Waals surface area (Å²) in [5.74, 6) is -0.444. The fraction of sp³-hybridized carbons (Fsp3) is 0.250. The maximum Gasteiger partial charge on any atom is 0.352 e. The Labute approximate surface area is 142 Å². The van der Waals surface area contributed by atoms with Gasteiger partial charge < -0.3 is 4.74 Å². The highest BCUT2D eigenvalue weighted by molar-refractivity contribution is 7.07. The molecule has 23 heavy (non-hydrogen) atoms. The van der Waals surface area contributed by atoms with E-state index in [1.165, 1.54) is 0 Å². The van der Waals surface area contributed by atoms with Crippen LogP contribution in [0.1, 0.15) is 33.5 Å². The molecule has 3 aromatic rings. The minimum atomic E-state index is -0.444. The van der Waals surface area contributed by atoms with Crippen molar-refractivity contribution in [2.75, 3.05) is 0 Å². The number of hydrogen-bond acceptors (Lipinski definition) is 6. The van der Waals surface area contributed by atoms with Crippen LogP contribution in [0.5, 0.6) is 0 Å². The molecule has 118 valence electrons. The Bertz CT molecular complexity index is 879. The fourth-order valence-corrected chi connectivity index (χ4v) is 3.15. The number of aryl methyl sites for hydroxylation is 2. The molecule has 3 rings (SSSR count). The SMILES string of the molecule is CCc1nnsc1C(=O)OCc1nc2ccccc2c(C)c1Cl. The van der Waals surface area contributed by atoms with E-state index in [0.29, 0.717) is 27.7 Å². The number of fused-ring (bicyclic) bond motifs is 1. The second-order valence-corrected chi connectivity index (χ2v) is 6.13. The average Bonchev–Trinajstić information content (AvgIpc) is 3.05. The zero-order valence-electron chi connectivity index (χ0n) is 12.7. The number of hydrogen-bond donors (Lipinski definition) is 0. The molecule has 0 aliphatic carbocycles. The molecule has 0 spiro atoms. The first-order chi connectivity index (χ1) is 11.1. The molecule has 0 N–H and O–H groups in total. The fourth-order valence-electron chi connectivity index (χ4n) is 2.31. The smallest absolute Gasteiger partial charge is 0.352 e. The molecule has 0 saturated heterocycles. The molecule has 2 aromatic heterocycles. The summed E-state index contributed by atoms with van der Waals surface area (Å²) in [6.45, 7) is 3.86. The lowest BCUT2D eigenvalue weighted by Gasteiger charge is -2.10. The molecular weight excluding hydrogens is 334 g/mol. The molecule has 0 radical (unpaired) electrons. The van der Waals surface area contributed by atoms with E-state index >= 15 is 0 Å². The van der Waals surface area contributed by atoms with Crippen molar-refractivity contribution < 1.29 is 9.53 Å². The Kier molecular flexibility index (Phi) is 4.54. The largest absolute Gasteiger partial charge is 0.455 e. The molecular formula is C16H14ClN3O2S. The third-order valence-electron chi connectivity index (χ3n) is 3.56. The molecule has 0 atom stereocenters. The van der Waals surface area contributed by atoms with Crippen molar-refractivity contribution in [2.24, 2.45) is 0 Å². The topological polar surface area (TPSA) is 65.0 Å². The molecule has 0 saturated carbocycles. The van der Waals surface area contributed by atoms with Gasteiger partial charge in [-0.2, -0.15) is 0 Å². The van der Waals surface area contributed by atoms with Crippen LogP contribution in [-0.2, 0) is 17.8 Å². The van der Waals surface area contributed by atoms with Gasteiger partial charge in [-0.1, -0.05) is 41.2 Å². The van der Waals surface area contributed by atoms with Crippen LogP contribution in [0.2, 0.25) is 5.02 Å². The van der Waals surface area contributed by atoms with Crippen LogP contribution < -0.4 is 0 Å². The average molecular weight is 348 g/mol. The molecule has 0 aliphatic rings. The van der Waals surface area contributed by atoms with Gasteiger partial charge in [0.25, 0.3) is 0 Å². The highest BCUT2D eigenvalue weighted by Gasteiger charge is 2.18. The number of para-hydroxylation sites is 1. The van der Waals surface area contributed by atoms with Crippen LogP contribution in [0.3, 0.4) is 0 Å². The van der Waals surface area contributed by atoms with Crippen LogP contribution in [0.15, 0.2) is 24.3 Å². The van der Waals surface area contributed by atoms with Crippen LogP contribution in [0, 0.1) is 6.92 Å². The molecule has 0 amide bonds. The molecule has 0 unspecified atom stereocenters. The van der Waals surface area contributed by atoms with Crippen molar-refractivity contribution >= 4 is 40.0 Å². The summed E-state index contributed by atoms with van der Waals surface area (Å²) in [7, 11) is 0. The minimum absolute atomic E-state index is 0.0182. The number of benzene rings is 1. The van der Waals surface area contributed by atoms with Crippen molar-refractivity contribution in [1.29, 1.82) is 0 Å². The summed E-state index contributed by atoms with van der Waals surface area (Å²) < 4.78 is 9.14. The second-order valence-electron chi connectivity index (χ2n) is 4.99. The van der Waals surface area contributed by atoms with Gasteiger partial charge in [-0.05, 0) is 36.5 Å². The van der Waals surface area contributed by atoms with Crippen LogP contribution in [-0.4, -0.2) is 20.5 Å². The minimum Gasteiger partial charge on any atom is -0.455 e. The summed E-state index contributed by atoms with van der Waals surface area (Å²) in [4.78, 5) is 17.1. The zero-order chi connectivity index (χ0) is 16.4. The van der Waals surface area contributed by atoms with Crippen molar-refractivity contribution in [3.63, 3.8) is 0 Å². The van der Waals surface area contributed by atoms with Crippen LogP contribution in [0.4, 0.5) is 0 Å². The first-order valence-corrected chi connectivity index (χ1v) is 8.29. The number of rotatable bonds is 4. The lowest BCUT2D eigenvalue weighted by Crippen LogP contribution is -2.08. The quantitative estimate of drug-likeness (QED) is 0.668. The third-order valence-corrected chi connectivity index (χ3v) is 4.81. The van der Waals surface area contributed by atoms with Crippen LogP contribution in [0.25, 0.3) is 10.9 Å². The summed E-state index contributed by atoms with van der Waals surface area (Å²) >= 11 is 7.40. The van der Waals surface area contributed by atoms with Crippen molar-refractivity contribution in [2.45, 2.75) is 26.9 Å². The Hall–Kier alpha value is -2.05. The third kappa shape index (κ3) is 3.04. The van der Waals surface area contributed by atoms with E-state index in [1.54, 1.807) is 0 Å². The van der Waals surface area contributed by atoms with Gasteiger partial charge in [-0.25, -0.2) is 9.78 Å². The normalized spacial score (nSPS) is 10.9. The van der Waals surface area contributed by atoms with Crippen molar-refractivity contribution in [3.05, 3.63) is 51.1 Å². The molecule has 2 heterocycles. The number of carbonyl (C=O) groups excluding carboxylic acids is 1. The molecule has 0 fully saturated rings. The molecule has 5 nitrogen and oxygen atoms in total. The number of halogens is 1. The first kappa shape index (κ1) is 15.8. The Morgan fingerprint density at radius 3 is 2.87 bits per heavy atom. The Morgan fingerprint density at radius 2 is 2.09 bits per heavy atom. The number of aromatic nitrogens is 3. The van der Waals surface area contributed by atoms with Gasteiger partial charge in [-0.3, -0.25) is 0 Å². The van der Waals surface area contributed by atoms with Gasteiger partial charge in [0.05, 0.1) is 21.9 Å². The number of carbonyl (C=O) groups is 1. The number of esters is 1. The highest BCUT2D eigenvalue weighted by Crippen LogP contribution is 2.27. The molecule has 0 bridgehead atoms. The second kappa shape index (κ2) is 6.60. The van der Waals surface area contributed by atoms with E-state index in [1.807, 2.05) is 38.1 Å². The number of ether oxygens (including phenoxy) is 1. The van der Waals surface area contributed by atoms with Gasteiger partial charge in [0, 0.05) is 5.39 Å². The zero-order valence-corrected chi connectivity index (χ0v) is 14.2. The Morgan fingerprint density at radius 1 is 1.30 bits per heavy atom. The maximum absolute atomic E-state index is 12.2. The van der Waals surface area contributed by atoms with Gasteiger partial charge in [0.1, 0.15) is 6.61 Å². The molecule has 0 aliphatic heterocycles. The van der Waals surface area contributed by atoms with E-state index < -0.39 is 5.97 Å². The van der Waals surface area contributed by atoms with Gasteiger partial charge in [0.2, 0.25) is 0 Å². The monoisotopic (exact) mass is 347 g/mol. The van der Waals surface area contributed by atoms with E-state index in [2.05, 4.69) is 14.6 Å². The first-order valence-electron chi connectivity index (χ1n) is 7.13. The van der Waals surface area contributed by atoms with Crippen molar-refractivity contribution in [3.8, 4) is 0 Å². The lowest BCUT2D eigenvalue weighted by atomic mass is 10.1. The van der Waals surface area contributed by atoms with E-state index in [-0.39, 0.29) is 6.61 Å². The number of pyridine rings is 1. The Balaban J connectivity index is 1.85. The maximum atomic E-state index is 12.2. The standard InChI is InChI=1S/C16H14ClN3O2S/c1-3-11-15(23-20-19-11)16(21)22-8-13-14(17)9(2)10-6-4-5-7-12(10)18-13/h4-7H,3,8H2,1-2H3. The summed E-state index contributed by atoms with van der Waals surface area (Å²) in [6.07, 6.45) is 0.634. The summed E-state index contributed by atoms with van der Waals surface area (Å²) in [5.41, 5.74) is 2.95. The molecule has 1 aromatic carbocycles. The lowest BCUT2D eigenvalue weighted by molar-refractivity contribution is 0.0472. The van der Waals surface area contributed by atoms with Gasteiger partial charge in [-0.15, -0.1) is 5.10 Å². The highest BCUT2D eigenvalue weighted by atomic mass is 35.5. The summed E-state index contributed by atoms with van der Waals surface area (Å²) in [6, 6.07) is 7.73. The predicted molar refractivity (Wildman–Crippen MR) is 89.9 cm³/mol. The van der Waals surface area contributed by atoms with Crippen molar-refractivity contribution in [1.82, 2.24) is 14.6 Å². The van der Waals surface area contributed by atoms with Crippen LogP contribution >= 0.6 is 23.1 Å². The van der Waals surface area contributed by atoms with Gasteiger partial charge in [0.15, 0.2) is 4.88 Å². The predicted octanol–water partition coefficient (Wildman–Crippen LogP) is 3.97. The van der Waals surface area contributed by atoms with E-state index in [9.17, 15) is 4.79 Å². The van der Waals surface area contributed by atoms with Gasteiger partial charge >= 0.3 is 5.97 Å².